The smallest absolute Gasteiger partial charge is 0.295 e. The topological polar surface area (TPSA) is 84.2 Å². The molecule has 0 saturated carbocycles. The van der Waals surface area contributed by atoms with Crippen LogP contribution in [0.25, 0.3) is 5.76 Å². The van der Waals surface area contributed by atoms with Crippen LogP contribution in [0, 0.1) is 0 Å². The number of aromatic nitrogens is 1. The van der Waals surface area contributed by atoms with E-state index in [4.69, 9.17) is 4.74 Å². The zero-order chi connectivity index (χ0) is 21.8. The fourth-order valence-corrected chi connectivity index (χ4v) is 4.43. The first-order valence-corrected chi connectivity index (χ1v) is 11.2. The summed E-state index contributed by atoms with van der Waals surface area (Å²) in [7, 11) is 0. The molecule has 3 heterocycles. The summed E-state index contributed by atoms with van der Waals surface area (Å²) in [6.07, 6.45) is 4.05. The molecule has 2 aliphatic heterocycles. The standard InChI is InChI=1S/C23H24BrN3O4/c24-18-6-4-16(5-7-18)21(28)19-20(17-3-1-8-25-15-17)27(23(30)22(19)29)10-2-9-26-11-13-31-14-12-26/h1,3-8,15,20,28H,2,9-14H2/p+1/t20-/m0/s1. The number of likely N-dealkylation sites (tertiary alicyclic amines) is 1. The van der Waals surface area contributed by atoms with Crippen LogP contribution in [0.1, 0.15) is 23.6 Å². The van der Waals surface area contributed by atoms with Gasteiger partial charge < -0.3 is 19.6 Å². The van der Waals surface area contributed by atoms with Gasteiger partial charge in [0.25, 0.3) is 11.7 Å². The summed E-state index contributed by atoms with van der Waals surface area (Å²) in [5.41, 5.74) is 1.31. The molecule has 1 aromatic heterocycles. The number of morpholine rings is 1. The summed E-state index contributed by atoms with van der Waals surface area (Å²) in [6.45, 7) is 4.75. The van der Waals surface area contributed by atoms with Crippen molar-refractivity contribution in [2.45, 2.75) is 12.5 Å². The molecule has 4 rings (SSSR count). The number of halogens is 1. The first-order valence-electron chi connectivity index (χ1n) is 10.4. The Bertz CT molecular complexity index is 972. The first-order chi connectivity index (χ1) is 15.1. The molecule has 1 aromatic carbocycles. The van der Waals surface area contributed by atoms with E-state index in [1.54, 1.807) is 47.6 Å². The van der Waals surface area contributed by atoms with Gasteiger partial charge in [0.1, 0.15) is 18.8 Å². The molecular formula is C23H25BrN3O4+. The third-order valence-electron chi connectivity index (χ3n) is 5.79. The zero-order valence-electron chi connectivity index (χ0n) is 17.1. The molecular weight excluding hydrogens is 462 g/mol. The van der Waals surface area contributed by atoms with Crippen LogP contribution in [0.15, 0.2) is 58.8 Å². The van der Waals surface area contributed by atoms with Gasteiger partial charge >= 0.3 is 0 Å². The van der Waals surface area contributed by atoms with Gasteiger partial charge in [-0.15, -0.1) is 0 Å². The van der Waals surface area contributed by atoms with Gasteiger partial charge in [-0.05, 0) is 23.8 Å². The van der Waals surface area contributed by atoms with Crippen molar-refractivity contribution in [1.82, 2.24) is 9.88 Å². The maximum absolute atomic E-state index is 13.0. The number of benzene rings is 1. The molecule has 162 valence electrons. The third-order valence-corrected chi connectivity index (χ3v) is 6.32. The Kier molecular flexibility index (Phi) is 6.80. The fourth-order valence-electron chi connectivity index (χ4n) is 4.17. The number of aliphatic hydroxyl groups is 1. The largest absolute Gasteiger partial charge is 0.507 e. The lowest BCUT2D eigenvalue weighted by Gasteiger charge is -2.27. The molecule has 2 saturated heterocycles. The number of ketones is 1. The van der Waals surface area contributed by atoms with Crippen molar-refractivity contribution in [3.8, 4) is 0 Å². The van der Waals surface area contributed by atoms with Crippen LogP contribution < -0.4 is 4.90 Å². The van der Waals surface area contributed by atoms with Crippen LogP contribution in [-0.2, 0) is 14.3 Å². The van der Waals surface area contributed by atoms with Gasteiger partial charge in [-0.25, -0.2) is 0 Å². The monoisotopic (exact) mass is 486 g/mol. The Morgan fingerprint density at radius 2 is 1.94 bits per heavy atom. The second-order valence-corrected chi connectivity index (χ2v) is 8.67. The summed E-state index contributed by atoms with van der Waals surface area (Å²) >= 11 is 3.37. The maximum Gasteiger partial charge on any atom is 0.295 e. The average molecular weight is 487 g/mol. The Balaban J connectivity index is 1.64. The number of pyridine rings is 1. The molecule has 0 unspecified atom stereocenters. The van der Waals surface area contributed by atoms with Crippen molar-refractivity contribution in [3.63, 3.8) is 0 Å². The van der Waals surface area contributed by atoms with Crippen molar-refractivity contribution >= 4 is 33.4 Å². The van der Waals surface area contributed by atoms with Crippen molar-refractivity contribution in [2.24, 2.45) is 0 Å². The number of hydrogen-bond donors (Lipinski definition) is 2. The summed E-state index contributed by atoms with van der Waals surface area (Å²) in [5.74, 6) is -1.40. The normalized spacial score (nSPS) is 21.6. The second-order valence-electron chi connectivity index (χ2n) is 7.75. The Labute approximate surface area is 189 Å². The molecule has 7 nitrogen and oxygen atoms in total. The molecule has 1 amide bonds. The Morgan fingerprint density at radius 1 is 1.19 bits per heavy atom. The van der Waals surface area contributed by atoms with E-state index in [2.05, 4.69) is 20.9 Å². The number of nitrogens with one attached hydrogen (secondary N) is 1. The average Bonchev–Trinajstić information content (AvgIpc) is 3.05. The number of Topliss-reactive ketones (excluding diaryl/α,β-unsaturated/α-hetero) is 1. The van der Waals surface area contributed by atoms with E-state index in [0.29, 0.717) is 17.7 Å². The van der Waals surface area contributed by atoms with Crippen LogP contribution in [0.4, 0.5) is 0 Å². The number of hydrogen-bond acceptors (Lipinski definition) is 5. The molecule has 0 aliphatic carbocycles. The van der Waals surface area contributed by atoms with Gasteiger partial charge in [-0.1, -0.05) is 34.1 Å². The number of ether oxygens (including phenoxy) is 1. The van der Waals surface area contributed by atoms with Gasteiger partial charge in [-0.3, -0.25) is 14.6 Å². The van der Waals surface area contributed by atoms with Crippen molar-refractivity contribution in [2.75, 3.05) is 39.4 Å². The van der Waals surface area contributed by atoms with Crippen LogP contribution >= 0.6 is 15.9 Å². The summed E-state index contributed by atoms with van der Waals surface area (Å²) in [5, 5.41) is 11.0. The highest BCUT2D eigenvalue weighted by atomic mass is 79.9. The third kappa shape index (κ3) is 4.71. The second kappa shape index (κ2) is 9.72. The predicted octanol–water partition coefficient (Wildman–Crippen LogP) is 1.57. The summed E-state index contributed by atoms with van der Waals surface area (Å²) in [4.78, 5) is 33.1. The summed E-state index contributed by atoms with van der Waals surface area (Å²) < 4.78 is 6.26. The lowest BCUT2D eigenvalue weighted by atomic mass is 9.96. The number of aliphatic hydroxyl groups excluding tert-OH is 1. The van der Waals surface area contributed by atoms with Crippen LogP contribution in [0.2, 0.25) is 0 Å². The van der Waals surface area contributed by atoms with E-state index in [-0.39, 0.29) is 11.3 Å². The van der Waals surface area contributed by atoms with Gasteiger partial charge in [0.2, 0.25) is 0 Å². The highest BCUT2D eigenvalue weighted by Crippen LogP contribution is 2.39. The number of amides is 1. The van der Waals surface area contributed by atoms with Crippen LogP contribution in [-0.4, -0.2) is 66.1 Å². The van der Waals surface area contributed by atoms with Gasteiger partial charge in [0.05, 0.1) is 31.4 Å². The van der Waals surface area contributed by atoms with Gasteiger partial charge in [0, 0.05) is 35.4 Å². The highest BCUT2D eigenvalue weighted by molar-refractivity contribution is 9.10. The zero-order valence-corrected chi connectivity index (χ0v) is 18.7. The van der Waals surface area contributed by atoms with Crippen molar-refractivity contribution in [1.29, 1.82) is 0 Å². The lowest BCUT2D eigenvalue weighted by Crippen LogP contribution is -3.14. The number of carbonyl (C=O) groups excluding carboxylic acids is 2. The SMILES string of the molecule is O=C1C(=O)N(CCC[NH+]2CCOCC2)[C@@H](c2cccnc2)C1=C(O)c1ccc(Br)cc1. The Morgan fingerprint density at radius 3 is 2.61 bits per heavy atom. The van der Waals surface area contributed by atoms with E-state index in [9.17, 15) is 14.7 Å². The number of rotatable bonds is 6. The maximum atomic E-state index is 13.0. The molecule has 0 radical (unpaired) electrons. The van der Waals surface area contributed by atoms with E-state index >= 15 is 0 Å². The van der Waals surface area contributed by atoms with Crippen molar-refractivity contribution < 1.29 is 24.3 Å². The van der Waals surface area contributed by atoms with Crippen molar-refractivity contribution in [3.05, 3.63) is 70.0 Å². The van der Waals surface area contributed by atoms with Crippen LogP contribution in [0.5, 0.6) is 0 Å². The lowest BCUT2D eigenvalue weighted by molar-refractivity contribution is -0.908. The molecule has 2 N–H and O–H groups in total. The molecule has 0 bridgehead atoms. The molecule has 0 spiro atoms. The number of nitrogens with zero attached hydrogens (tertiary/aromatic N) is 2. The first kappa shape index (κ1) is 21.7. The van der Waals surface area contributed by atoms with Crippen LogP contribution in [0.3, 0.4) is 0 Å². The quantitative estimate of drug-likeness (QED) is 0.367. The van der Waals surface area contributed by atoms with E-state index in [1.165, 1.54) is 4.90 Å². The molecule has 8 heteroatoms. The fraction of sp³-hybridized carbons (Fsp3) is 0.348. The number of carbonyl (C=O) groups is 2. The van der Waals surface area contributed by atoms with E-state index in [0.717, 1.165) is 43.7 Å². The summed E-state index contributed by atoms with van der Waals surface area (Å²) in [6, 6.07) is 9.96. The van der Waals surface area contributed by atoms with E-state index < -0.39 is 17.7 Å². The Hall–Kier alpha value is -2.55. The predicted molar refractivity (Wildman–Crippen MR) is 118 cm³/mol. The van der Waals surface area contributed by atoms with Gasteiger partial charge in [0.15, 0.2) is 0 Å². The molecule has 2 aromatic rings. The highest BCUT2D eigenvalue weighted by Gasteiger charge is 2.46. The van der Waals surface area contributed by atoms with Gasteiger partial charge in [-0.2, -0.15) is 0 Å². The molecule has 2 aliphatic rings. The minimum absolute atomic E-state index is 0.110. The minimum Gasteiger partial charge on any atom is -0.507 e. The molecule has 31 heavy (non-hydrogen) atoms. The van der Waals surface area contributed by atoms with E-state index in [1.807, 2.05) is 6.07 Å². The minimum atomic E-state index is -0.659. The molecule has 2 fully saturated rings. The molecule has 1 atom stereocenters. The number of quaternary nitrogens is 1.